The summed E-state index contributed by atoms with van der Waals surface area (Å²) in [5.74, 6) is 0. The van der Waals surface area contributed by atoms with Crippen molar-refractivity contribution in [2.24, 2.45) is 0 Å². The second-order valence-corrected chi connectivity index (χ2v) is 6.08. The smallest absolute Gasteiger partial charge is 0.247 e. The largest absolute Gasteiger partial charge is 0.264 e. The Labute approximate surface area is 90.8 Å². The standard InChI is InChI=1S/C5H2Br2ClNO2S/c6-3-1-4(12(8,10)11)5(7)9-2-3/h1-2H. The van der Waals surface area contributed by atoms with Crippen LogP contribution in [0.25, 0.3) is 0 Å². The average molecular weight is 335 g/mol. The summed E-state index contributed by atoms with van der Waals surface area (Å²) in [4.78, 5) is 3.71. The Morgan fingerprint density at radius 3 is 2.42 bits per heavy atom. The van der Waals surface area contributed by atoms with E-state index in [2.05, 4.69) is 36.8 Å². The van der Waals surface area contributed by atoms with E-state index in [9.17, 15) is 8.42 Å². The third-order valence-electron chi connectivity index (χ3n) is 1.04. The van der Waals surface area contributed by atoms with Crippen LogP contribution in [-0.4, -0.2) is 13.4 Å². The maximum absolute atomic E-state index is 10.9. The highest BCUT2D eigenvalue weighted by Crippen LogP contribution is 2.25. The van der Waals surface area contributed by atoms with Gasteiger partial charge < -0.3 is 0 Å². The number of rotatable bonds is 1. The minimum atomic E-state index is -3.72. The van der Waals surface area contributed by atoms with E-state index >= 15 is 0 Å². The van der Waals surface area contributed by atoms with Crippen molar-refractivity contribution in [2.75, 3.05) is 0 Å². The van der Waals surface area contributed by atoms with Gasteiger partial charge in [-0.15, -0.1) is 0 Å². The summed E-state index contributed by atoms with van der Waals surface area (Å²) in [6.07, 6.45) is 1.47. The molecular weight excluding hydrogens is 333 g/mol. The maximum Gasteiger partial charge on any atom is 0.264 e. The Balaban J connectivity index is 3.43. The van der Waals surface area contributed by atoms with Crippen LogP contribution >= 0.6 is 42.5 Å². The van der Waals surface area contributed by atoms with Crippen LogP contribution in [0.1, 0.15) is 0 Å². The van der Waals surface area contributed by atoms with Gasteiger partial charge in [0.2, 0.25) is 0 Å². The van der Waals surface area contributed by atoms with Gasteiger partial charge in [-0.1, -0.05) is 0 Å². The van der Waals surface area contributed by atoms with E-state index in [1.54, 1.807) is 0 Å². The topological polar surface area (TPSA) is 47.0 Å². The summed E-state index contributed by atoms with van der Waals surface area (Å²) in [6, 6.07) is 1.37. The number of aromatic nitrogens is 1. The van der Waals surface area contributed by atoms with Crippen LogP contribution < -0.4 is 0 Å². The molecule has 0 N–H and O–H groups in total. The lowest BCUT2D eigenvalue weighted by Gasteiger charge is -1.98. The highest BCUT2D eigenvalue weighted by atomic mass is 79.9. The van der Waals surface area contributed by atoms with Gasteiger partial charge in [-0.25, -0.2) is 13.4 Å². The number of nitrogens with zero attached hydrogens (tertiary/aromatic N) is 1. The van der Waals surface area contributed by atoms with Crippen LogP contribution in [0.3, 0.4) is 0 Å². The van der Waals surface area contributed by atoms with Crippen LogP contribution in [-0.2, 0) is 9.05 Å². The lowest BCUT2D eigenvalue weighted by atomic mass is 10.5. The zero-order chi connectivity index (χ0) is 9.35. The zero-order valence-corrected chi connectivity index (χ0v) is 10.2. The predicted octanol–water partition coefficient (Wildman–Crippen LogP) is 2.53. The highest BCUT2D eigenvalue weighted by molar-refractivity contribution is 9.11. The molecule has 0 aliphatic carbocycles. The minimum absolute atomic E-state index is 0.0430. The molecule has 0 atom stereocenters. The van der Waals surface area contributed by atoms with Crippen molar-refractivity contribution < 1.29 is 8.42 Å². The third-order valence-corrected chi connectivity index (χ3v) is 3.70. The lowest BCUT2D eigenvalue weighted by molar-refractivity contribution is 0.608. The number of halogens is 3. The first-order chi connectivity index (χ1) is 5.41. The molecule has 1 aromatic rings. The van der Waals surface area contributed by atoms with Gasteiger partial charge in [0.05, 0.1) is 0 Å². The van der Waals surface area contributed by atoms with Gasteiger partial charge >= 0.3 is 0 Å². The van der Waals surface area contributed by atoms with E-state index in [-0.39, 0.29) is 9.50 Å². The Morgan fingerprint density at radius 1 is 1.42 bits per heavy atom. The SMILES string of the molecule is O=S(=O)(Cl)c1cc(Br)cnc1Br. The zero-order valence-electron chi connectivity index (χ0n) is 5.46. The minimum Gasteiger partial charge on any atom is -0.247 e. The van der Waals surface area contributed by atoms with Crippen LogP contribution in [0.2, 0.25) is 0 Å². The molecule has 0 aliphatic heterocycles. The van der Waals surface area contributed by atoms with E-state index in [1.807, 2.05) is 0 Å². The first-order valence-electron chi connectivity index (χ1n) is 2.67. The maximum atomic E-state index is 10.9. The number of hydrogen-bond donors (Lipinski definition) is 0. The molecule has 12 heavy (non-hydrogen) atoms. The molecule has 0 bridgehead atoms. The molecule has 0 spiro atoms. The molecule has 0 amide bonds. The van der Waals surface area contributed by atoms with E-state index in [0.29, 0.717) is 4.47 Å². The molecule has 1 heterocycles. The van der Waals surface area contributed by atoms with Crippen LogP contribution in [0.4, 0.5) is 0 Å². The van der Waals surface area contributed by atoms with Crippen LogP contribution in [0.15, 0.2) is 26.2 Å². The van der Waals surface area contributed by atoms with Crippen molar-refractivity contribution in [1.29, 1.82) is 0 Å². The second-order valence-electron chi connectivity index (χ2n) is 1.88. The summed E-state index contributed by atoms with van der Waals surface area (Å²) in [7, 11) is 1.39. The molecule has 3 nitrogen and oxygen atoms in total. The fraction of sp³-hybridized carbons (Fsp3) is 0. The normalized spacial score (nSPS) is 11.6. The Bertz CT molecular complexity index is 406. The molecular formula is C5H2Br2ClNO2S. The lowest BCUT2D eigenvalue weighted by Crippen LogP contribution is -1.93. The molecule has 1 aromatic heterocycles. The molecule has 7 heteroatoms. The Morgan fingerprint density at radius 2 is 2.00 bits per heavy atom. The molecule has 0 saturated heterocycles. The second kappa shape index (κ2) is 3.61. The first-order valence-corrected chi connectivity index (χ1v) is 6.56. The molecule has 0 aliphatic rings. The van der Waals surface area contributed by atoms with Gasteiger partial charge in [0.1, 0.15) is 9.50 Å². The van der Waals surface area contributed by atoms with Crippen molar-refractivity contribution >= 4 is 51.6 Å². The summed E-state index contributed by atoms with van der Waals surface area (Å²) < 4.78 is 22.5. The van der Waals surface area contributed by atoms with Crippen molar-refractivity contribution in [1.82, 2.24) is 4.98 Å². The third kappa shape index (κ3) is 2.42. The van der Waals surface area contributed by atoms with E-state index in [1.165, 1.54) is 12.3 Å². The van der Waals surface area contributed by atoms with Gasteiger partial charge in [-0.05, 0) is 37.9 Å². The number of pyridine rings is 1. The van der Waals surface area contributed by atoms with Gasteiger partial charge in [-0.3, -0.25) is 0 Å². The van der Waals surface area contributed by atoms with Gasteiger partial charge in [0, 0.05) is 21.4 Å². The van der Waals surface area contributed by atoms with E-state index in [0.717, 1.165) is 0 Å². The monoisotopic (exact) mass is 333 g/mol. The molecule has 0 aromatic carbocycles. The fourth-order valence-electron chi connectivity index (χ4n) is 0.575. The summed E-state index contributed by atoms with van der Waals surface area (Å²) >= 11 is 6.05. The van der Waals surface area contributed by atoms with Gasteiger partial charge in [-0.2, -0.15) is 0 Å². The summed E-state index contributed by atoms with van der Waals surface area (Å²) in [6.45, 7) is 0. The van der Waals surface area contributed by atoms with Crippen molar-refractivity contribution in [2.45, 2.75) is 4.90 Å². The molecule has 0 fully saturated rings. The van der Waals surface area contributed by atoms with Crippen LogP contribution in [0, 0.1) is 0 Å². The van der Waals surface area contributed by atoms with Crippen molar-refractivity contribution in [3.63, 3.8) is 0 Å². The van der Waals surface area contributed by atoms with E-state index < -0.39 is 9.05 Å². The molecule has 66 valence electrons. The van der Waals surface area contributed by atoms with Crippen LogP contribution in [0.5, 0.6) is 0 Å². The Kier molecular flexibility index (Phi) is 3.14. The molecule has 0 saturated carbocycles. The van der Waals surface area contributed by atoms with Gasteiger partial charge in [0.25, 0.3) is 9.05 Å². The highest BCUT2D eigenvalue weighted by Gasteiger charge is 2.15. The van der Waals surface area contributed by atoms with Gasteiger partial charge in [0.15, 0.2) is 0 Å². The predicted molar refractivity (Wildman–Crippen MR) is 52.7 cm³/mol. The fourth-order valence-corrected chi connectivity index (χ4v) is 3.07. The molecule has 0 unspecified atom stereocenters. The van der Waals surface area contributed by atoms with E-state index in [4.69, 9.17) is 10.7 Å². The summed E-state index contributed by atoms with van der Waals surface area (Å²) in [5, 5.41) is 0. The average Bonchev–Trinajstić information content (AvgIpc) is 1.92. The van der Waals surface area contributed by atoms with Crippen molar-refractivity contribution in [3.8, 4) is 0 Å². The summed E-state index contributed by atoms with van der Waals surface area (Å²) in [5.41, 5.74) is 0. The molecule has 0 radical (unpaired) electrons. The molecule has 1 rings (SSSR count). The Hall–Kier alpha value is 0.350. The number of hydrogen-bond acceptors (Lipinski definition) is 3. The van der Waals surface area contributed by atoms with Crippen molar-refractivity contribution in [3.05, 3.63) is 21.3 Å². The quantitative estimate of drug-likeness (QED) is 0.585. The first kappa shape index (κ1) is 10.4.